The van der Waals surface area contributed by atoms with Gasteiger partial charge in [0, 0.05) is 12.6 Å². The van der Waals surface area contributed by atoms with E-state index in [-0.39, 0.29) is 22.9 Å². The molecule has 1 rings (SSSR count). The third kappa shape index (κ3) is 4.94. The number of pyridine rings is 1. The average Bonchev–Trinajstić information content (AvgIpc) is 2.37. The normalized spacial score (nSPS) is 10.1. The molecule has 0 aliphatic carbocycles. The maximum Gasteiger partial charge on any atom is 0.288 e. The van der Waals surface area contributed by atoms with E-state index in [0.717, 1.165) is 17.8 Å². The lowest BCUT2D eigenvalue weighted by Gasteiger charge is -2.07. The highest BCUT2D eigenvalue weighted by atomic mass is 35.5. The smallest absolute Gasteiger partial charge is 0.288 e. The lowest BCUT2D eigenvalue weighted by molar-refractivity contribution is -0.385. The van der Waals surface area contributed by atoms with Gasteiger partial charge in [0.05, 0.1) is 23.7 Å². The Balaban J connectivity index is 2.57. The molecule has 1 N–H and O–H groups in total. The largest absolute Gasteiger partial charge is 0.375 e. The van der Waals surface area contributed by atoms with Crippen molar-refractivity contribution >= 4 is 23.2 Å². The fourth-order valence-electron chi connectivity index (χ4n) is 1.27. The monoisotopic (exact) mass is 299 g/mol. The van der Waals surface area contributed by atoms with E-state index in [0.29, 0.717) is 13.2 Å². The van der Waals surface area contributed by atoms with E-state index >= 15 is 0 Å². The number of hydrogen-bond acceptors (Lipinski definition) is 5. The summed E-state index contributed by atoms with van der Waals surface area (Å²) < 4.78 is 5.20. The van der Waals surface area contributed by atoms with Crippen LogP contribution in [0.4, 0.5) is 5.69 Å². The zero-order chi connectivity index (χ0) is 15.1. The highest BCUT2D eigenvalue weighted by Gasteiger charge is 2.16. The molecule has 1 aromatic heterocycles. The molecule has 8 heteroatoms. The third-order valence-corrected chi connectivity index (χ3v) is 2.46. The molecule has 0 saturated heterocycles. The average molecular weight is 300 g/mol. The van der Waals surface area contributed by atoms with Crippen LogP contribution in [0.15, 0.2) is 24.4 Å². The number of aromatic nitrogens is 1. The number of halogens is 1. The zero-order valence-electron chi connectivity index (χ0n) is 10.9. The summed E-state index contributed by atoms with van der Waals surface area (Å²) in [5.74, 6) is -0.537. The van der Waals surface area contributed by atoms with Crippen molar-refractivity contribution in [2.75, 3.05) is 19.8 Å². The van der Waals surface area contributed by atoms with Crippen molar-refractivity contribution in [1.29, 1.82) is 0 Å². The summed E-state index contributed by atoms with van der Waals surface area (Å²) in [6.07, 6.45) is 0.995. The fourth-order valence-corrected chi connectivity index (χ4v) is 1.46. The molecule has 0 bridgehead atoms. The van der Waals surface area contributed by atoms with Crippen molar-refractivity contribution in [3.8, 4) is 0 Å². The first-order chi connectivity index (χ1) is 9.41. The Bertz CT molecular complexity index is 533. The van der Waals surface area contributed by atoms with Crippen LogP contribution < -0.4 is 5.32 Å². The van der Waals surface area contributed by atoms with Gasteiger partial charge in [0.25, 0.3) is 11.6 Å². The Morgan fingerprint density at radius 3 is 2.95 bits per heavy atom. The number of hydrogen-bond donors (Lipinski definition) is 1. The van der Waals surface area contributed by atoms with Crippen LogP contribution in [0.5, 0.6) is 0 Å². The van der Waals surface area contributed by atoms with Gasteiger partial charge in [-0.15, -0.1) is 0 Å². The molecule has 0 saturated carbocycles. The highest BCUT2D eigenvalue weighted by molar-refractivity contribution is 6.32. The molecule has 1 heterocycles. The number of carbonyl (C=O) groups excluding carboxylic acids is 1. The molecule has 0 unspecified atom stereocenters. The van der Waals surface area contributed by atoms with Crippen molar-refractivity contribution in [2.45, 2.75) is 6.92 Å². The minimum Gasteiger partial charge on any atom is -0.375 e. The number of ether oxygens (including phenoxy) is 1. The van der Waals surface area contributed by atoms with Crippen LogP contribution in [0.25, 0.3) is 0 Å². The molecule has 0 aliphatic heterocycles. The van der Waals surface area contributed by atoms with Crippen molar-refractivity contribution < 1.29 is 14.5 Å². The molecule has 0 radical (unpaired) electrons. The van der Waals surface area contributed by atoms with Crippen molar-refractivity contribution in [3.63, 3.8) is 0 Å². The first-order valence-corrected chi connectivity index (χ1v) is 6.10. The molecular formula is C12H14ClN3O4. The maximum atomic E-state index is 11.8. The Hall–Kier alpha value is -1.99. The molecule has 0 spiro atoms. The van der Waals surface area contributed by atoms with Crippen LogP contribution in [-0.4, -0.2) is 35.6 Å². The number of nitro groups is 1. The van der Waals surface area contributed by atoms with Gasteiger partial charge in [0.2, 0.25) is 0 Å². The number of nitrogens with one attached hydrogen (secondary N) is 1. The van der Waals surface area contributed by atoms with E-state index in [9.17, 15) is 14.9 Å². The fraction of sp³-hybridized carbons (Fsp3) is 0.333. The summed E-state index contributed by atoms with van der Waals surface area (Å²) in [6, 6.07) is 1.08. The second-order valence-corrected chi connectivity index (χ2v) is 4.41. The van der Waals surface area contributed by atoms with Gasteiger partial charge in [-0.2, -0.15) is 0 Å². The summed E-state index contributed by atoms with van der Waals surface area (Å²) >= 11 is 5.74. The summed E-state index contributed by atoms with van der Waals surface area (Å²) in [5, 5.41) is 13.1. The standard InChI is InChI=1S/C12H14ClN3O4/c1-8(2)7-20-4-3-14-12(17)10-5-9(16(18)19)6-15-11(10)13/h5-6H,1,3-4,7H2,2H3,(H,14,17). The SMILES string of the molecule is C=C(C)COCCNC(=O)c1cc([N+](=O)[O-])cnc1Cl. The zero-order valence-corrected chi connectivity index (χ0v) is 11.6. The van der Waals surface area contributed by atoms with E-state index in [1.165, 1.54) is 0 Å². The molecule has 1 aromatic rings. The molecule has 0 aliphatic rings. The van der Waals surface area contributed by atoms with Gasteiger partial charge in [-0.25, -0.2) is 4.98 Å². The lowest BCUT2D eigenvalue weighted by atomic mass is 10.2. The highest BCUT2D eigenvalue weighted by Crippen LogP contribution is 2.18. The number of nitrogens with zero attached hydrogens (tertiary/aromatic N) is 2. The van der Waals surface area contributed by atoms with Gasteiger partial charge in [0.15, 0.2) is 0 Å². The summed E-state index contributed by atoms with van der Waals surface area (Å²) in [7, 11) is 0. The van der Waals surface area contributed by atoms with E-state index in [1.807, 2.05) is 6.92 Å². The van der Waals surface area contributed by atoms with Gasteiger partial charge in [-0.3, -0.25) is 14.9 Å². The molecule has 7 nitrogen and oxygen atoms in total. The van der Waals surface area contributed by atoms with Crippen molar-refractivity contribution in [1.82, 2.24) is 10.3 Å². The first-order valence-electron chi connectivity index (χ1n) is 5.72. The number of carbonyl (C=O) groups is 1. The second-order valence-electron chi connectivity index (χ2n) is 4.05. The Morgan fingerprint density at radius 2 is 2.35 bits per heavy atom. The van der Waals surface area contributed by atoms with Crippen LogP contribution in [0.3, 0.4) is 0 Å². The van der Waals surface area contributed by atoms with Gasteiger partial charge >= 0.3 is 0 Å². The van der Waals surface area contributed by atoms with E-state index in [2.05, 4.69) is 16.9 Å². The van der Waals surface area contributed by atoms with E-state index < -0.39 is 10.8 Å². The molecule has 0 atom stereocenters. The molecule has 0 aromatic carbocycles. The minimum atomic E-state index is -0.643. The Labute approximate surface area is 120 Å². The topological polar surface area (TPSA) is 94.4 Å². The van der Waals surface area contributed by atoms with Crippen LogP contribution in [-0.2, 0) is 4.74 Å². The Morgan fingerprint density at radius 1 is 1.65 bits per heavy atom. The molecule has 0 fully saturated rings. The maximum absolute atomic E-state index is 11.8. The van der Waals surface area contributed by atoms with E-state index in [4.69, 9.17) is 16.3 Å². The quantitative estimate of drug-likeness (QED) is 0.273. The summed E-state index contributed by atoms with van der Waals surface area (Å²) in [5.41, 5.74) is 0.543. The lowest BCUT2D eigenvalue weighted by Crippen LogP contribution is -2.27. The van der Waals surface area contributed by atoms with Crippen LogP contribution in [0.1, 0.15) is 17.3 Å². The first kappa shape index (κ1) is 16.1. The van der Waals surface area contributed by atoms with Crippen LogP contribution >= 0.6 is 11.6 Å². The molecule has 20 heavy (non-hydrogen) atoms. The Kier molecular flexibility index (Phi) is 6.08. The molecular weight excluding hydrogens is 286 g/mol. The van der Waals surface area contributed by atoms with Crippen molar-refractivity contribution in [2.24, 2.45) is 0 Å². The summed E-state index contributed by atoms with van der Waals surface area (Å²) in [4.78, 5) is 25.4. The summed E-state index contributed by atoms with van der Waals surface area (Å²) in [6.45, 7) is 6.47. The van der Waals surface area contributed by atoms with Gasteiger partial charge in [-0.05, 0) is 6.92 Å². The van der Waals surface area contributed by atoms with Gasteiger partial charge < -0.3 is 10.1 Å². The van der Waals surface area contributed by atoms with Crippen molar-refractivity contribution in [3.05, 3.63) is 45.2 Å². The van der Waals surface area contributed by atoms with Crippen LogP contribution in [0, 0.1) is 10.1 Å². The van der Waals surface area contributed by atoms with E-state index in [1.54, 1.807) is 0 Å². The number of rotatable bonds is 7. The van der Waals surface area contributed by atoms with Gasteiger partial charge in [-0.1, -0.05) is 23.8 Å². The number of amides is 1. The minimum absolute atomic E-state index is 0.0410. The second kappa shape index (κ2) is 7.56. The molecule has 108 valence electrons. The van der Waals surface area contributed by atoms with Gasteiger partial charge in [0.1, 0.15) is 11.3 Å². The molecule has 1 amide bonds. The third-order valence-electron chi connectivity index (χ3n) is 2.16. The predicted octanol–water partition coefficient (Wildman–Crippen LogP) is 1.97. The van der Waals surface area contributed by atoms with Crippen LogP contribution in [0.2, 0.25) is 5.15 Å². The predicted molar refractivity (Wildman–Crippen MR) is 73.9 cm³/mol.